The van der Waals surface area contributed by atoms with Crippen molar-refractivity contribution in [1.29, 1.82) is 0 Å². The number of fused-ring (bicyclic) bond motifs is 1. The van der Waals surface area contributed by atoms with Crippen molar-refractivity contribution in [2.45, 2.75) is 6.92 Å². The number of halogens is 1. The van der Waals surface area contributed by atoms with Crippen LogP contribution in [0.4, 0.5) is 4.39 Å². The lowest BCUT2D eigenvalue weighted by Gasteiger charge is -2.04. The molecule has 5 nitrogen and oxygen atoms in total. The van der Waals surface area contributed by atoms with Gasteiger partial charge in [0.15, 0.2) is 0 Å². The smallest absolute Gasteiger partial charge is 0.238 e. The zero-order chi connectivity index (χ0) is 15.1. The van der Waals surface area contributed by atoms with E-state index in [1.165, 1.54) is 10.9 Å². The summed E-state index contributed by atoms with van der Waals surface area (Å²) in [6.07, 6.45) is 1.41. The molecule has 0 fully saturated rings. The highest BCUT2D eigenvalue weighted by Gasteiger charge is 2.15. The standard InChI is InChI=1S/C15H10FN5S/c1-9-14(10-4-5-11-13(7-10)22-8-18-11)19-20-21(9)12-3-2-6-17-15(12)16/h2-8H,1H3. The van der Waals surface area contributed by atoms with Crippen LogP contribution in [0.15, 0.2) is 42.0 Å². The summed E-state index contributed by atoms with van der Waals surface area (Å²) in [5.41, 5.74) is 5.47. The molecule has 7 heteroatoms. The van der Waals surface area contributed by atoms with E-state index in [1.807, 2.05) is 30.6 Å². The molecule has 0 saturated heterocycles. The summed E-state index contributed by atoms with van der Waals surface area (Å²) >= 11 is 1.57. The fourth-order valence-corrected chi connectivity index (χ4v) is 3.08. The molecule has 108 valence electrons. The molecular weight excluding hydrogens is 301 g/mol. The van der Waals surface area contributed by atoms with Gasteiger partial charge in [-0.2, -0.15) is 4.39 Å². The molecule has 0 bridgehead atoms. The zero-order valence-electron chi connectivity index (χ0n) is 11.6. The number of hydrogen-bond donors (Lipinski definition) is 0. The van der Waals surface area contributed by atoms with Crippen LogP contribution in [0.1, 0.15) is 5.69 Å². The maximum atomic E-state index is 13.8. The van der Waals surface area contributed by atoms with Gasteiger partial charge >= 0.3 is 0 Å². The molecular formula is C15H10FN5S. The Morgan fingerprint density at radius 2 is 2.09 bits per heavy atom. The lowest BCUT2D eigenvalue weighted by atomic mass is 10.1. The molecule has 0 aliphatic heterocycles. The predicted molar refractivity (Wildman–Crippen MR) is 82.5 cm³/mol. The van der Waals surface area contributed by atoms with E-state index >= 15 is 0 Å². The van der Waals surface area contributed by atoms with Gasteiger partial charge in [-0.15, -0.1) is 16.4 Å². The van der Waals surface area contributed by atoms with Crippen molar-refractivity contribution in [1.82, 2.24) is 25.0 Å². The van der Waals surface area contributed by atoms with Gasteiger partial charge in [0.2, 0.25) is 5.95 Å². The predicted octanol–water partition coefficient (Wildman–Crippen LogP) is 3.39. The molecule has 0 spiro atoms. The summed E-state index contributed by atoms with van der Waals surface area (Å²) in [5, 5.41) is 8.26. The molecule has 4 aromatic rings. The van der Waals surface area contributed by atoms with E-state index in [4.69, 9.17) is 0 Å². The number of pyridine rings is 1. The van der Waals surface area contributed by atoms with Crippen molar-refractivity contribution in [3.63, 3.8) is 0 Å². The summed E-state index contributed by atoms with van der Waals surface area (Å²) in [4.78, 5) is 7.91. The van der Waals surface area contributed by atoms with Gasteiger partial charge in [-0.3, -0.25) is 0 Å². The SMILES string of the molecule is Cc1c(-c2ccc3ncsc3c2)nnn1-c1cccnc1F. The average Bonchev–Trinajstić information content (AvgIpc) is 3.13. The Labute approximate surface area is 129 Å². The van der Waals surface area contributed by atoms with Gasteiger partial charge in [0.25, 0.3) is 0 Å². The Kier molecular flexibility index (Phi) is 2.93. The maximum Gasteiger partial charge on any atom is 0.238 e. The third-order valence-corrected chi connectivity index (χ3v) is 4.26. The molecule has 0 unspecified atom stereocenters. The highest BCUT2D eigenvalue weighted by Crippen LogP contribution is 2.27. The molecule has 0 amide bonds. The highest BCUT2D eigenvalue weighted by atomic mass is 32.1. The number of nitrogens with zero attached hydrogens (tertiary/aromatic N) is 5. The minimum Gasteiger partial charge on any atom is -0.245 e. The second kappa shape index (κ2) is 4.96. The Morgan fingerprint density at radius 1 is 1.18 bits per heavy atom. The van der Waals surface area contributed by atoms with Crippen molar-refractivity contribution in [3.05, 3.63) is 53.7 Å². The van der Waals surface area contributed by atoms with Crippen molar-refractivity contribution in [3.8, 4) is 16.9 Å². The van der Waals surface area contributed by atoms with Gasteiger partial charge in [-0.05, 0) is 31.2 Å². The summed E-state index contributed by atoms with van der Waals surface area (Å²) in [5.74, 6) is -0.569. The molecule has 0 aliphatic carbocycles. The van der Waals surface area contributed by atoms with Crippen LogP contribution < -0.4 is 0 Å². The highest BCUT2D eigenvalue weighted by molar-refractivity contribution is 7.16. The molecule has 0 radical (unpaired) electrons. The van der Waals surface area contributed by atoms with Gasteiger partial charge in [-0.25, -0.2) is 14.6 Å². The normalized spacial score (nSPS) is 11.2. The number of rotatable bonds is 2. The topological polar surface area (TPSA) is 56.5 Å². The second-order valence-corrected chi connectivity index (χ2v) is 5.67. The minimum atomic E-state index is -0.569. The van der Waals surface area contributed by atoms with E-state index in [0.29, 0.717) is 0 Å². The number of aromatic nitrogens is 5. The van der Waals surface area contributed by atoms with Crippen molar-refractivity contribution in [2.24, 2.45) is 0 Å². The van der Waals surface area contributed by atoms with Crippen molar-refractivity contribution in [2.75, 3.05) is 0 Å². The van der Waals surface area contributed by atoms with Crippen LogP contribution in [0.5, 0.6) is 0 Å². The van der Waals surface area contributed by atoms with Crippen LogP contribution in [0.25, 0.3) is 27.2 Å². The molecule has 0 atom stereocenters. The molecule has 3 aromatic heterocycles. The summed E-state index contributed by atoms with van der Waals surface area (Å²) in [6.45, 7) is 1.86. The fraction of sp³-hybridized carbons (Fsp3) is 0.0667. The zero-order valence-corrected chi connectivity index (χ0v) is 12.4. The number of benzene rings is 1. The third-order valence-electron chi connectivity index (χ3n) is 3.47. The fourth-order valence-electron chi connectivity index (χ4n) is 2.36. The first-order valence-electron chi connectivity index (χ1n) is 6.61. The molecule has 0 aliphatic rings. The largest absolute Gasteiger partial charge is 0.245 e. The lowest BCUT2D eigenvalue weighted by Crippen LogP contribution is -2.03. The average molecular weight is 311 g/mol. The van der Waals surface area contributed by atoms with Crippen LogP contribution in [0.3, 0.4) is 0 Å². The molecule has 22 heavy (non-hydrogen) atoms. The van der Waals surface area contributed by atoms with Gasteiger partial charge in [0.1, 0.15) is 11.4 Å². The monoisotopic (exact) mass is 311 g/mol. The Bertz CT molecular complexity index is 975. The molecule has 0 saturated carbocycles. The van der Waals surface area contributed by atoms with E-state index in [9.17, 15) is 4.39 Å². The van der Waals surface area contributed by atoms with Gasteiger partial charge < -0.3 is 0 Å². The first kappa shape index (κ1) is 13.0. The van der Waals surface area contributed by atoms with Gasteiger partial charge in [-0.1, -0.05) is 11.3 Å². The van der Waals surface area contributed by atoms with Crippen molar-refractivity contribution >= 4 is 21.6 Å². The Hall–Kier alpha value is -2.67. The lowest BCUT2D eigenvalue weighted by molar-refractivity contribution is 0.564. The number of hydrogen-bond acceptors (Lipinski definition) is 5. The van der Waals surface area contributed by atoms with Crippen LogP contribution in [0.2, 0.25) is 0 Å². The molecule has 1 aromatic carbocycles. The third kappa shape index (κ3) is 1.98. The van der Waals surface area contributed by atoms with E-state index in [-0.39, 0.29) is 5.69 Å². The van der Waals surface area contributed by atoms with Gasteiger partial charge in [0.05, 0.1) is 21.4 Å². The van der Waals surface area contributed by atoms with Crippen LogP contribution in [-0.2, 0) is 0 Å². The van der Waals surface area contributed by atoms with Crippen LogP contribution >= 0.6 is 11.3 Å². The second-order valence-electron chi connectivity index (χ2n) is 4.78. The van der Waals surface area contributed by atoms with E-state index in [0.717, 1.165) is 27.2 Å². The van der Waals surface area contributed by atoms with Gasteiger partial charge in [0, 0.05) is 11.8 Å². The molecule has 3 heterocycles. The summed E-state index contributed by atoms with van der Waals surface area (Å²) < 4.78 is 16.4. The Balaban J connectivity index is 1.85. The van der Waals surface area contributed by atoms with Crippen LogP contribution in [0, 0.1) is 12.9 Å². The first-order chi connectivity index (χ1) is 10.7. The first-order valence-corrected chi connectivity index (χ1v) is 7.49. The number of thiazole rings is 1. The summed E-state index contributed by atoms with van der Waals surface area (Å²) in [6, 6.07) is 9.21. The quantitative estimate of drug-likeness (QED) is 0.532. The summed E-state index contributed by atoms with van der Waals surface area (Å²) in [7, 11) is 0. The van der Waals surface area contributed by atoms with E-state index in [1.54, 1.807) is 23.5 Å². The Morgan fingerprint density at radius 3 is 2.95 bits per heavy atom. The van der Waals surface area contributed by atoms with E-state index in [2.05, 4.69) is 20.3 Å². The maximum absolute atomic E-state index is 13.8. The van der Waals surface area contributed by atoms with E-state index < -0.39 is 5.95 Å². The van der Waals surface area contributed by atoms with Crippen molar-refractivity contribution < 1.29 is 4.39 Å². The van der Waals surface area contributed by atoms with Crippen LogP contribution in [-0.4, -0.2) is 25.0 Å². The minimum absolute atomic E-state index is 0.289. The molecule has 0 N–H and O–H groups in total. The molecule has 4 rings (SSSR count).